The van der Waals surface area contributed by atoms with E-state index in [0.717, 1.165) is 36.4 Å². The molecule has 3 heterocycles. The molecule has 0 saturated carbocycles. The first kappa shape index (κ1) is 16.9. The number of hydrogen-bond acceptors (Lipinski definition) is 5. The summed E-state index contributed by atoms with van der Waals surface area (Å²) >= 11 is 1.56. The second-order valence-electron chi connectivity index (χ2n) is 5.72. The number of pyridine rings is 2. The van der Waals surface area contributed by atoms with Gasteiger partial charge in [0.05, 0.1) is 18.5 Å². The van der Waals surface area contributed by atoms with Gasteiger partial charge in [-0.25, -0.2) is 0 Å². The van der Waals surface area contributed by atoms with Crippen LogP contribution in [0.5, 0.6) is 0 Å². The van der Waals surface area contributed by atoms with Gasteiger partial charge in [-0.3, -0.25) is 14.8 Å². The molecule has 6 heteroatoms. The number of hydrogen-bond donors (Lipinski definition) is 0. The Balaban J connectivity index is 1.37. The standard InChI is InChI=1S/C18H21N3O2S/c22-18(14-24-17-3-8-19-9-4-17)21-10-5-16(6-11-21)23-13-15-2-1-7-20-12-15/h1-4,7-9,12,16H,5-6,10-11,13-14H2. The second kappa shape index (κ2) is 8.80. The third kappa shape index (κ3) is 5.04. The van der Waals surface area contributed by atoms with Crippen LogP contribution in [-0.4, -0.2) is 45.7 Å². The molecule has 2 aromatic rings. The fourth-order valence-corrected chi connectivity index (χ4v) is 3.43. The van der Waals surface area contributed by atoms with Gasteiger partial charge in [-0.05, 0) is 36.6 Å². The highest BCUT2D eigenvalue weighted by atomic mass is 32.2. The number of nitrogens with zero attached hydrogens (tertiary/aromatic N) is 3. The molecule has 0 aromatic carbocycles. The molecule has 0 bridgehead atoms. The number of aromatic nitrogens is 2. The van der Waals surface area contributed by atoms with Crippen molar-refractivity contribution in [2.45, 2.75) is 30.4 Å². The Morgan fingerprint density at radius 1 is 1.17 bits per heavy atom. The van der Waals surface area contributed by atoms with Gasteiger partial charge in [0, 0.05) is 42.8 Å². The lowest BCUT2D eigenvalue weighted by atomic mass is 10.1. The van der Waals surface area contributed by atoms with Crippen LogP contribution >= 0.6 is 11.8 Å². The summed E-state index contributed by atoms with van der Waals surface area (Å²) in [6.07, 6.45) is 9.10. The van der Waals surface area contributed by atoms with E-state index in [9.17, 15) is 4.79 Å². The zero-order valence-electron chi connectivity index (χ0n) is 13.5. The number of rotatable bonds is 6. The zero-order chi connectivity index (χ0) is 16.6. The van der Waals surface area contributed by atoms with Gasteiger partial charge in [-0.15, -0.1) is 11.8 Å². The first-order chi connectivity index (χ1) is 11.8. The van der Waals surface area contributed by atoms with Crippen molar-refractivity contribution in [3.63, 3.8) is 0 Å². The molecule has 1 amide bonds. The van der Waals surface area contributed by atoms with Gasteiger partial charge < -0.3 is 9.64 Å². The molecule has 5 nitrogen and oxygen atoms in total. The van der Waals surface area contributed by atoms with Crippen LogP contribution in [0.25, 0.3) is 0 Å². The predicted octanol–water partition coefficient (Wildman–Crippen LogP) is 2.78. The molecule has 126 valence electrons. The molecule has 0 aliphatic carbocycles. The van der Waals surface area contributed by atoms with Gasteiger partial charge in [0.1, 0.15) is 0 Å². The minimum absolute atomic E-state index is 0.197. The number of thioether (sulfide) groups is 1. The van der Waals surface area contributed by atoms with Gasteiger partial charge in [-0.1, -0.05) is 6.07 Å². The van der Waals surface area contributed by atoms with Crippen molar-refractivity contribution in [2.24, 2.45) is 0 Å². The van der Waals surface area contributed by atoms with Gasteiger partial charge in [0.15, 0.2) is 0 Å². The smallest absolute Gasteiger partial charge is 0.232 e. The molecule has 3 rings (SSSR count). The lowest BCUT2D eigenvalue weighted by molar-refractivity contribution is -0.131. The fourth-order valence-electron chi connectivity index (χ4n) is 2.64. The molecule has 2 aromatic heterocycles. The number of ether oxygens (including phenoxy) is 1. The van der Waals surface area contributed by atoms with E-state index in [1.54, 1.807) is 30.4 Å². The number of likely N-dealkylation sites (tertiary alicyclic amines) is 1. The first-order valence-electron chi connectivity index (χ1n) is 8.12. The Morgan fingerprint density at radius 2 is 1.96 bits per heavy atom. The SMILES string of the molecule is O=C(CSc1ccncc1)N1CCC(OCc2cccnc2)CC1. The molecule has 0 radical (unpaired) electrons. The molecule has 24 heavy (non-hydrogen) atoms. The van der Waals surface area contributed by atoms with Crippen molar-refractivity contribution in [3.05, 3.63) is 54.6 Å². The maximum absolute atomic E-state index is 12.3. The third-order valence-electron chi connectivity index (χ3n) is 4.02. The van der Waals surface area contributed by atoms with E-state index in [-0.39, 0.29) is 12.0 Å². The van der Waals surface area contributed by atoms with E-state index < -0.39 is 0 Å². The van der Waals surface area contributed by atoms with E-state index in [2.05, 4.69) is 9.97 Å². The molecule has 0 atom stereocenters. The summed E-state index contributed by atoms with van der Waals surface area (Å²) in [5.41, 5.74) is 1.09. The minimum atomic E-state index is 0.197. The summed E-state index contributed by atoms with van der Waals surface area (Å²) in [7, 11) is 0. The fraction of sp³-hybridized carbons (Fsp3) is 0.389. The van der Waals surface area contributed by atoms with Crippen LogP contribution in [0.15, 0.2) is 53.9 Å². The van der Waals surface area contributed by atoms with Crippen molar-refractivity contribution in [3.8, 4) is 0 Å². The summed E-state index contributed by atoms with van der Waals surface area (Å²) in [6, 6.07) is 7.79. The topological polar surface area (TPSA) is 55.3 Å². The van der Waals surface area contributed by atoms with Crippen LogP contribution < -0.4 is 0 Å². The first-order valence-corrected chi connectivity index (χ1v) is 9.11. The van der Waals surface area contributed by atoms with Crippen molar-refractivity contribution < 1.29 is 9.53 Å². The van der Waals surface area contributed by atoms with Crippen LogP contribution in [0.2, 0.25) is 0 Å². The number of carbonyl (C=O) groups excluding carboxylic acids is 1. The maximum atomic E-state index is 12.3. The van der Waals surface area contributed by atoms with E-state index in [1.165, 1.54) is 0 Å². The van der Waals surface area contributed by atoms with Gasteiger partial charge >= 0.3 is 0 Å². The molecule has 1 fully saturated rings. The second-order valence-corrected chi connectivity index (χ2v) is 6.77. The normalized spacial score (nSPS) is 15.4. The monoisotopic (exact) mass is 343 g/mol. The Kier molecular flexibility index (Phi) is 6.20. The highest BCUT2D eigenvalue weighted by Gasteiger charge is 2.23. The Morgan fingerprint density at radius 3 is 2.67 bits per heavy atom. The van der Waals surface area contributed by atoms with Gasteiger partial charge in [0.2, 0.25) is 5.91 Å². The minimum Gasteiger partial charge on any atom is -0.373 e. The Bertz CT molecular complexity index is 631. The van der Waals surface area contributed by atoms with E-state index in [1.807, 2.05) is 35.4 Å². The Labute approximate surface area is 146 Å². The molecule has 1 saturated heterocycles. The largest absolute Gasteiger partial charge is 0.373 e. The molecule has 0 unspecified atom stereocenters. The van der Waals surface area contributed by atoms with Crippen LogP contribution in [0.3, 0.4) is 0 Å². The molecule has 0 N–H and O–H groups in total. The molecule has 1 aliphatic heterocycles. The molecular formula is C18H21N3O2S. The third-order valence-corrected chi connectivity index (χ3v) is 5.01. The lowest BCUT2D eigenvalue weighted by Crippen LogP contribution is -2.41. The average Bonchev–Trinajstić information content (AvgIpc) is 2.66. The van der Waals surface area contributed by atoms with E-state index in [0.29, 0.717) is 12.4 Å². The van der Waals surface area contributed by atoms with Crippen molar-refractivity contribution in [2.75, 3.05) is 18.8 Å². The van der Waals surface area contributed by atoms with Crippen LogP contribution in [0, 0.1) is 0 Å². The zero-order valence-corrected chi connectivity index (χ0v) is 14.3. The average molecular weight is 343 g/mol. The number of piperidine rings is 1. The van der Waals surface area contributed by atoms with Crippen molar-refractivity contribution >= 4 is 17.7 Å². The maximum Gasteiger partial charge on any atom is 0.232 e. The molecular weight excluding hydrogens is 322 g/mol. The summed E-state index contributed by atoms with van der Waals surface area (Å²) in [5.74, 6) is 0.674. The van der Waals surface area contributed by atoms with Crippen LogP contribution in [0.4, 0.5) is 0 Å². The molecule has 0 spiro atoms. The number of carbonyl (C=O) groups is 1. The summed E-state index contributed by atoms with van der Waals surface area (Å²) < 4.78 is 5.94. The van der Waals surface area contributed by atoms with E-state index >= 15 is 0 Å². The highest BCUT2D eigenvalue weighted by Crippen LogP contribution is 2.20. The highest BCUT2D eigenvalue weighted by molar-refractivity contribution is 8.00. The Hall–Kier alpha value is -1.92. The van der Waals surface area contributed by atoms with Crippen molar-refractivity contribution in [1.82, 2.24) is 14.9 Å². The van der Waals surface area contributed by atoms with Gasteiger partial charge in [0.25, 0.3) is 0 Å². The predicted molar refractivity (Wildman–Crippen MR) is 93.6 cm³/mol. The van der Waals surface area contributed by atoms with Gasteiger partial charge in [-0.2, -0.15) is 0 Å². The molecule has 1 aliphatic rings. The quantitative estimate of drug-likeness (QED) is 0.755. The van der Waals surface area contributed by atoms with Crippen molar-refractivity contribution in [1.29, 1.82) is 0 Å². The lowest BCUT2D eigenvalue weighted by Gasteiger charge is -2.32. The van der Waals surface area contributed by atoms with E-state index in [4.69, 9.17) is 4.74 Å². The van der Waals surface area contributed by atoms with Crippen LogP contribution in [0.1, 0.15) is 18.4 Å². The number of amides is 1. The summed E-state index contributed by atoms with van der Waals surface area (Å²) in [5, 5.41) is 0. The summed E-state index contributed by atoms with van der Waals surface area (Å²) in [4.78, 5) is 23.4. The summed E-state index contributed by atoms with van der Waals surface area (Å²) in [6.45, 7) is 2.13. The van der Waals surface area contributed by atoms with Crippen LogP contribution in [-0.2, 0) is 16.1 Å².